The Bertz CT molecular complexity index is 385. The van der Waals surface area contributed by atoms with Crippen LogP contribution in [-0.2, 0) is 0 Å². The van der Waals surface area contributed by atoms with Crippen molar-refractivity contribution in [1.29, 1.82) is 0 Å². The summed E-state index contributed by atoms with van der Waals surface area (Å²) in [4.78, 5) is 2.50. The Morgan fingerprint density at radius 3 is 2.78 bits per heavy atom. The maximum absolute atomic E-state index is 5.90. The lowest BCUT2D eigenvalue weighted by molar-refractivity contribution is 0.139. The molecule has 1 fully saturated rings. The predicted octanol–water partition coefficient (Wildman–Crippen LogP) is 2.76. The fraction of sp³-hybridized carbons (Fsp3) is 0.500. The third-order valence-corrected chi connectivity index (χ3v) is 3.95. The van der Waals surface area contributed by atoms with E-state index in [-0.39, 0.29) is 0 Å². The standard InChI is InChI=1S/C16H24N2/c1-13-8-9-18(16(10-13)11-17)12-14(2)15-6-4-3-5-7-15/h3-7,13,16H,2,8-12,17H2,1H3. The summed E-state index contributed by atoms with van der Waals surface area (Å²) in [6, 6.07) is 11.0. The van der Waals surface area contributed by atoms with Crippen LogP contribution in [0.4, 0.5) is 0 Å². The second kappa shape index (κ2) is 6.17. The van der Waals surface area contributed by atoms with Crippen molar-refractivity contribution < 1.29 is 0 Å². The smallest absolute Gasteiger partial charge is 0.0237 e. The molecule has 1 heterocycles. The van der Waals surface area contributed by atoms with E-state index in [1.807, 2.05) is 6.07 Å². The molecule has 98 valence electrons. The summed E-state index contributed by atoms with van der Waals surface area (Å²) in [5.41, 5.74) is 8.34. The van der Waals surface area contributed by atoms with Crippen molar-refractivity contribution >= 4 is 5.57 Å². The average Bonchev–Trinajstić information content (AvgIpc) is 2.41. The summed E-state index contributed by atoms with van der Waals surface area (Å²) < 4.78 is 0. The molecule has 18 heavy (non-hydrogen) atoms. The zero-order valence-electron chi connectivity index (χ0n) is 11.3. The maximum Gasteiger partial charge on any atom is 0.0237 e. The molecular weight excluding hydrogens is 220 g/mol. The Balaban J connectivity index is 1.98. The highest BCUT2D eigenvalue weighted by molar-refractivity contribution is 5.64. The molecular formula is C16H24N2. The van der Waals surface area contributed by atoms with Crippen molar-refractivity contribution in [3.8, 4) is 0 Å². The van der Waals surface area contributed by atoms with Crippen molar-refractivity contribution in [2.24, 2.45) is 11.7 Å². The van der Waals surface area contributed by atoms with Gasteiger partial charge in [0.15, 0.2) is 0 Å². The van der Waals surface area contributed by atoms with Crippen molar-refractivity contribution in [3.05, 3.63) is 42.5 Å². The van der Waals surface area contributed by atoms with Crippen LogP contribution >= 0.6 is 0 Å². The number of rotatable bonds is 4. The van der Waals surface area contributed by atoms with Crippen LogP contribution in [0.25, 0.3) is 5.57 Å². The van der Waals surface area contributed by atoms with Crippen molar-refractivity contribution in [1.82, 2.24) is 4.90 Å². The Morgan fingerprint density at radius 2 is 2.11 bits per heavy atom. The number of benzene rings is 1. The Kier molecular flexibility index (Phi) is 4.56. The minimum Gasteiger partial charge on any atom is -0.329 e. The van der Waals surface area contributed by atoms with Gasteiger partial charge in [0.05, 0.1) is 0 Å². The Labute approximate surface area is 110 Å². The van der Waals surface area contributed by atoms with Gasteiger partial charge in [0.25, 0.3) is 0 Å². The minimum absolute atomic E-state index is 0.522. The van der Waals surface area contributed by atoms with Crippen LogP contribution in [0.15, 0.2) is 36.9 Å². The van der Waals surface area contributed by atoms with Gasteiger partial charge in [-0.2, -0.15) is 0 Å². The lowest BCUT2D eigenvalue weighted by atomic mass is 9.91. The summed E-state index contributed by atoms with van der Waals surface area (Å²) >= 11 is 0. The minimum atomic E-state index is 0.522. The van der Waals surface area contributed by atoms with Crippen molar-refractivity contribution in [2.75, 3.05) is 19.6 Å². The van der Waals surface area contributed by atoms with E-state index < -0.39 is 0 Å². The first-order valence-electron chi connectivity index (χ1n) is 6.88. The van der Waals surface area contributed by atoms with Gasteiger partial charge >= 0.3 is 0 Å². The maximum atomic E-state index is 5.90. The predicted molar refractivity (Wildman–Crippen MR) is 78.3 cm³/mol. The fourth-order valence-electron chi connectivity index (χ4n) is 2.76. The van der Waals surface area contributed by atoms with E-state index in [9.17, 15) is 0 Å². The summed E-state index contributed by atoms with van der Waals surface area (Å²) in [5, 5.41) is 0. The van der Waals surface area contributed by atoms with E-state index in [4.69, 9.17) is 5.73 Å². The van der Waals surface area contributed by atoms with Gasteiger partial charge in [0.2, 0.25) is 0 Å². The van der Waals surface area contributed by atoms with E-state index >= 15 is 0 Å². The van der Waals surface area contributed by atoms with Gasteiger partial charge in [-0.05, 0) is 36.4 Å². The molecule has 2 N–H and O–H groups in total. The molecule has 2 rings (SSSR count). The summed E-state index contributed by atoms with van der Waals surface area (Å²) in [6.07, 6.45) is 2.50. The van der Waals surface area contributed by atoms with E-state index in [2.05, 4.69) is 42.7 Å². The molecule has 2 nitrogen and oxygen atoms in total. The lowest BCUT2D eigenvalue weighted by Gasteiger charge is -2.38. The second-order valence-electron chi connectivity index (χ2n) is 5.46. The Hall–Kier alpha value is -1.12. The van der Waals surface area contributed by atoms with Crippen LogP contribution in [0.1, 0.15) is 25.3 Å². The zero-order chi connectivity index (χ0) is 13.0. The molecule has 0 radical (unpaired) electrons. The molecule has 2 atom stereocenters. The SMILES string of the molecule is C=C(CN1CCC(C)CC1CN)c1ccccc1. The van der Waals surface area contributed by atoms with Crippen LogP contribution in [0.2, 0.25) is 0 Å². The summed E-state index contributed by atoms with van der Waals surface area (Å²) in [7, 11) is 0. The molecule has 1 aliphatic heterocycles. The van der Waals surface area contributed by atoms with Gasteiger partial charge in [-0.15, -0.1) is 0 Å². The van der Waals surface area contributed by atoms with E-state index in [0.717, 1.165) is 25.6 Å². The highest BCUT2D eigenvalue weighted by Crippen LogP contribution is 2.24. The summed E-state index contributed by atoms with van der Waals surface area (Å²) in [5.74, 6) is 0.805. The molecule has 0 aliphatic carbocycles. The topological polar surface area (TPSA) is 29.3 Å². The number of nitrogens with zero attached hydrogens (tertiary/aromatic N) is 1. The quantitative estimate of drug-likeness (QED) is 0.882. The van der Waals surface area contributed by atoms with Gasteiger partial charge in [0.1, 0.15) is 0 Å². The molecule has 1 aromatic carbocycles. The molecule has 1 aromatic rings. The van der Waals surface area contributed by atoms with Crippen LogP contribution in [-0.4, -0.2) is 30.6 Å². The molecule has 1 saturated heterocycles. The molecule has 2 unspecified atom stereocenters. The highest BCUT2D eigenvalue weighted by atomic mass is 15.2. The molecule has 0 spiro atoms. The van der Waals surface area contributed by atoms with Gasteiger partial charge in [-0.25, -0.2) is 0 Å². The third kappa shape index (κ3) is 3.21. The number of hydrogen-bond donors (Lipinski definition) is 1. The van der Waals surface area contributed by atoms with Crippen molar-refractivity contribution in [2.45, 2.75) is 25.8 Å². The highest BCUT2D eigenvalue weighted by Gasteiger charge is 2.25. The van der Waals surface area contributed by atoms with Gasteiger partial charge in [-0.1, -0.05) is 43.8 Å². The van der Waals surface area contributed by atoms with Gasteiger partial charge in [-0.3, -0.25) is 4.90 Å². The van der Waals surface area contributed by atoms with E-state index in [1.54, 1.807) is 0 Å². The first-order chi connectivity index (χ1) is 8.70. The number of likely N-dealkylation sites (tertiary alicyclic amines) is 1. The molecule has 0 saturated carbocycles. The second-order valence-corrected chi connectivity index (χ2v) is 5.46. The monoisotopic (exact) mass is 244 g/mol. The van der Waals surface area contributed by atoms with E-state index in [1.165, 1.54) is 24.0 Å². The normalized spacial score (nSPS) is 25.0. The molecule has 0 bridgehead atoms. The molecule has 0 amide bonds. The first kappa shape index (κ1) is 13.3. The van der Waals surface area contributed by atoms with Crippen LogP contribution < -0.4 is 5.73 Å². The number of hydrogen-bond acceptors (Lipinski definition) is 2. The first-order valence-corrected chi connectivity index (χ1v) is 6.88. The van der Waals surface area contributed by atoms with Crippen LogP contribution in [0.3, 0.4) is 0 Å². The number of nitrogens with two attached hydrogens (primary N) is 1. The fourth-order valence-corrected chi connectivity index (χ4v) is 2.76. The van der Waals surface area contributed by atoms with Gasteiger partial charge in [0, 0.05) is 19.1 Å². The van der Waals surface area contributed by atoms with Crippen LogP contribution in [0, 0.1) is 5.92 Å². The van der Waals surface area contributed by atoms with E-state index in [0.29, 0.717) is 6.04 Å². The molecule has 1 aliphatic rings. The zero-order valence-corrected chi connectivity index (χ0v) is 11.3. The third-order valence-electron chi connectivity index (χ3n) is 3.95. The molecule has 0 aromatic heterocycles. The lowest BCUT2D eigenvalue weighted by Crippen LogP contribution is -2.46. The van der Waals surface area contributed by atoms with Gasteiger partial charge < -0.3 is 5.73 Å². The van der Waals surface area contributed by atoms with Crippen LogP contribution in [0.5, 0.6) is 0 Å². The van der Waals surface area contributed by atoms with Crippen molar-refractivity contribution in [3.63, 3.8) is 0 Å². The average molecular weight is 244 g/mol. The Morgan fingerprint density at radius 1 is 1.39 bits per heavy atom. The molecule has 2 heteroatoms. The summed E-state index contributed by atoms with van der Waals surface area (Å²) in [6.45, 7) is 9.40. The number of piperidine rings is 1. The largest absolute Gasteiger partial charge is 0.329 e.